The van der Waals surface area contributed by atoms with Crippen LogP contribution in [0.3, 0.4) is 0 Å². The number of aryl methyl sites for hydroxylation is 2. The highest BCUT2D eigenvalue weighted by Crippen LogP contribution is 2.26. The summed E-state index contributed by atoms with van der Waals surface area (Å²) in [4.78, 5) is 1.95. The second kappa shape index (κ2) is 5.52. The van der Waals surface area contributed by atoms with E-state index < -0.39 is 0 Å². The Hall–Kier alpha value is -1.06. The Morgan fingerprint density at radius 2 is 1.76 bits per heavy atom. The monoisotopic (exact) mass is 235 g/mol. The summed E-state index contributed by atoms with van der Waals surface area (Å²) in [5, 5.41) is 18.4. The molecule has 17 heavy (non-hydrogen) atoms. The molecule has 94 valence electrons. The fraction of sp³-hybridized carbons (Fsp3) is 0.571. The van der Waals surface area contributed by atoms with Crippen molar-refractivity contribution in [2.45, 2.75) is 31.7 Å². The average molecular weight is 235 g/mol. The molecule has 0 aliphatic heterocycles. The van der Waals surface area contributed by atoms with Crippen molar-refractivity contribution < 1.29 is 10.2 Å². The van der Waals surface area contributed by atoms with Gasteiger partial charge in [-0.2, -0.15) is 0 Å². The first kappa shape index (κ1) is 12.4. The molecule has 0 fully saturated rings. The fourth-order valence-corrected chi connectivity index (χ4v) is 2.45. The molecule has 0 aromatic heterocycles. The van der Waals surface area contributed by atoms with E-state index in [0.717, 1.165) is 12.1 Å². The highest BCUT2D eigenvalue weighted by molar-refractivity contribution is 5.52. The Balaban J connectivity index is 2.21. The van der Waals surface area contributed by atoms with E-state index >= 15 is 0 Å². The van der Waals surface area contributed by atoms with Gasteiger partial charge in [-0.25, -0.2) is 0 Å². The molecule has 1 aliphatic carbocycles. The van der Waals surface area contributed by atoms with Gasteiger partial charge in [-0.15, -0.1) is 0 Å². The van der Waals surface area contributed by atoms with Crippen molar-refractivity contribution in [3.05, 3.63) is 29.3 Å². The quantitative estimate of drug-likeness (QED) is 0.828. The topological polar surface area (TPSA) is 43.7 Å². The van der Waals surface area contributed by atoms with Gasteiger partial charge in [0.15, 0.2) is 0 Å². The number of aliphatic hydroxyl groups is 2. The van der Waals surface area contributed by atoms with Crippen LogP contribution in [0.1, 0.15) is 24.0 Å². The molecule has 0 unspecified atom stereocenters. The minimum atomic E-state index is -0.211. The van der Waals surface area contributed by atoms with E-state index in [9.17, 15) is 10.2 Å². The van der Waals surface area contributed by atoms with Crippen molar-refractivity contribution >= 4 is 5.69 Å². The maximum absolute atomic E-state index is 9.19. The minimum Gasteiger partial charge on any atom is -0.394 e. The van der Waals surface area contributed by atoms with Gasteiger partial charge in [-0.05, 0) is 48.9 Å². The van der Waals surface area contributed by atoms with Gasteiger partial charge in [0.1, 0.15) is 0 Å². The zero-order chi connectivity index (χ0) is 12.3. The van der Waals surface area contributed by atoms with E-state index in [4.69, 9.17) is 0 Å². The summed E-state index contributed by atoms with van der Waals surface area (Å²) in [6.07, 6.45) is 4.89. The molecule has 1 aromatic carbocycles. The molecular weight excluding hydrogens is 214 g/mol. The lowest BCUT2D eigenvalue weighted by Gasteiger charge is -2.28. The predicted molar refractivity (Wildman–Crippen MR) is 69.4 cm³/mol. The highest BCUT2D eigenvalue weighted by Gasteiger charge is 2.15. The first-order chi connectivity index (χ1) is 8.26. The average Bonchev–Trinajstić information content (AvgIpc) is 2.39. The number of anilines is 1. The second-order valence-electron chi connectivity index (χ2n) is 4.79. The summed E-state index contributed by atoms with van der Waals surface area (Å²) >= 11 is 0. The van der Waals surface area contributed by atoms with E-state index in [-0.39, 0.29) is 19.3 Å². The van der Waals surface area contributed by atoms with Crippen LogP contribution in [-0.4, -0.2) is 36.5 Å². The van der Waals surface area contributed by atoms with Crippen LogP contribution in [0, 0.1) is 0 Å². The summed E-state index contributed by atoms with van der Waals surface area (Å²) in [6.45, 7) is -0.0475. The van der Waals surface area contributed by atoms with E-state index in [1.54, 1.807) is 0 Å². The highest BCUT2D eigenvalue weighted by atomic mass is 16.3. The van der Waals surface area contributed by atoms with E-state index in [2.05, 4.69) is 18.2 Å². The molecule has 0 bridgehead atoms. The van der Waals surface area contributed by atoms with Crippen LogP contribution in [0.15, 0.2) is 18.2 Å². The van der Waals surface area contributed by atoms with Crippen molar-refractivity contribution in [1.82, 2.24) is 0 Å². The van der Waals surface area contributed by atoms with Gasteiger partial charge < -0.3 is 15.1 Å². The third-order valence-corrected chi connectivity index (χ3v) is 3.71. The molecule has 0 saturated carbocycles. The number of hydrogen-bond acceptors (Lipinski definition) is 3. The SMILES string of the molecule is CN(c1ccc2c(c1)CCCC2)C(CO)CO. The number of benzene rings is 1. The Bertz CT molecular complexity index is 374. The summed E-state index contributed by atoms with van der Waals surface area (Å²) in [5.74, 6) is 0. The predicted octanol–water partition coefficient (Wildman–Crippen LogP) is 1.35. The number of nitrogens with zero attached hydrogens (tertiary/aromatic N) is 1. The van der Waals surface area contributed by atoms with Gasteiger partial charge in [-0.1, -0.05) is 6.07 Å². The summed E-state index contributed by atoms with van der Waals surface area (Å²) < 4.78 is 0. The number of fused-ring (bicyclic) bond motifs is 1. The molecule has 0 spiro atoms. The Morgan fingerprint density at radius 3 is 2.41 bits per heavy atom. The molecule has 2 N–H and O–H groups in total. The molecule has 3 heteroatoms. The molecule has 0 heterocycles. The van der Waals surface area contributed by atoms with Crippen LogP contribution in [0.2, 0.25) is 0 Å². The maximum Gasteiger partial charge on any atom is 0.0748 e. The molecule has 0 radical (unpaired) electrons. The molecule has 0 saturated heterocycles. The van der Waals surface area contributed by atoms with E-state index in [1.807, 2.05) is 11.9 Å². The molecular formula is C14H21NO2. The fourth-order valence-electron chi connectivity index (χ4n) is 2.45. The van der Waals surface area contributed by atoms with Crippen LogP contribution < -0.4 is 4.90 Å². The maximum atomic E-state index is 9.19. The van der Waals surface area contributed by atoms with Crippen LogP contribution in [0.5, 0.6) is 0 Å². The van der Waals surface area contributed by atoms with Crippen molar-refractivity contribution in [1.29, 1.82) is 0 Å². The van der Waals surface area contributed by atoms with Gasteiger partial charge in [0.2, 0.25) is 0 Å². The van der Waals surface area contributed by atoms with Crippen LogP contribution in [-0.2, 0) is 12.8 Å². The molecule has 2 rings (SSSR count). The van der Waals surface area contributed by atoms with Crippen molar-refractivity contribution in [3.8, 4) is 0 Å². The van der Waals surface area contributed by atoms with Crippen LogP contribution in [0.25, 0.3) is 0 Å². The number of likely N-dealkylation sites (N-methyl/N-ethyl adjacent to an activating group) is 1. The normalized spacial score (nSPS) is 14.8. The Kier molecular flexibility index (Phi) is 4.02. The Morgan fingerprint density at radius 1 is 1.12 bits per heavy atom. The summed E-state index contributed by atoms with van der Waals surface area (Å²) in [5.41, 5.74) is 3.96. The third-order valence-electron chi connectivity index (χ3n) is 3.71. The van der Waals surface area contributed by atoms with E-state index in [1.165, 1.54) is 30.4 Å². The smallest absolute Gasteiger partial charge is 0.0748 e. The van der Waals surface area contributed by atoms with Gasteiger partial charge in [0.05, 0.1) is 19.3 Å². The Labute approximate surface area is 103 Å². The zero-order valence-corrected chi connectivity index (χ0v) is 10.4. The van der Waals surface area contributed by atoms with Crippen molar-refractivity contribution in [2.24, 2.45) is 0 Å². The lowest BCUT2D eigenvalue weighted by atomic mass is 9.91. The largest absolute Gasteiger partial charge is 0.394 e. The molecule has 0 atom stereocenters. The lowest BCUT2D eigenvalue weighted by Crippen LogP contribution is -2.37. The van der Waals surface area contributed by atoms with Gasteiger partial charge >= 0.3 is 0 Å². The van der Waals surface area contributed by atoms with Crippen molar-refractivity contribution in [3.63, 3.8) is 0 Å². The standard InChI is InChI=1S/C14H21NO2/c1-15(14(9-16)10-17)13-7-6-11-4-2-3-5-12(11)8-13/h6-8,14,16-17H,2-5,9-10H2,1H3. The van der Waals surface area contributed by atoms with Crippen molar-refractivity contribution in [2.75, 3.05) is 25.2 Å². The van der Waals surface area contributed by atoms with Crippen LogP contribution >= 0.6 is 0 Å². The van der Waals surface area contributed by atoms with Crippen LogP contribution in [0.4, 0.5) is 5.69 Å². The lowest BCUT2D eigenvalue weighted by molar-refractivity contribution is 0.191. The zero-order valence-electron chi connectivity index (χ0n) is 10.4. The summed E-state index contributed by atoms with van der Waals surface area (Å²) in [6, 6.07) is 6.26. The summed E-state index contributed by atoms with van der Waals surface area (Å²) in [7, 11) is 1.92. The molecule has 3 nitrogen and oxygen atoms in total. The third kappa shape index (κ3) is 2.61. The molecule has 0 amide bonds. The van der Waals surface area contributed by atoms with Gasteiger partial charge in [-0.3, -0.25) is 0 Å². The first-order valence-corrected chi connectivity index (χ1v) is 6.32. The second-order valence-corrected chi connectivity index (χ2v) is 4.79. The number of hydrogen-bond donors (Lipinski definition) is 2. The molecule has 1 aromatic rings. The van der Waals surface area contributed by atoms with Gasteiger partial charge in [0.25, 0.3) is 0 Å². The molecule has 1 aliphatic rings. The number of rotatable bonds is 4. The van der Waals surface area contributed by atoms with E-state index in [0.29, 0.717) is 0 Å². The van der Waals surface area contributed by atoms with Gasteiger partial charge in [0, 0.05) is 12.7 Å². The number of aliphatic hydroxyl groups excluding tert-OH is 2. The first-order valence-electron chi connectivity index (χ1n) is 6.32. The minimum absolute atomic E-state index is 0.0237.